The normalized spacial score (nSPS) is 18.1. The van der Waals surface area contributed by atoms with E-state index in [-0.39, 0.29) is 44.0 Å². The smallest absolute Gasteiger partial charge is 0.410 e. The third kappa shape index (κ3) is 3.68. The Morgan fingerprint density at radius 2 is 1.83 bits per heavy atom. The van der Waals surface area contributed by atoms with Crippen LogP contribution in [-0.2, 0) is 19.7 Å². The van der Waals surface area contributed by atoms with E-state index >= 15 is 4.39 Å². The largest absolute Gasteiger partial charge is 0.462 e. The number of anilines is 1. The molecule has 0 aromatic heterocycles. The Labute approximate surface area is 169 Å². The fourth-order valence-electron chi connectivity index (χ4n) is 4.06. The molecular formula is C21H27FN2O5. The van der Waals surface area contributed by atoms with Crippen LogP contribution in [0.15, 0.2) is 12.1 Å². The van der Waals surface area contributed by atoms with Gasteiger partial charge in [0.15, 0.2) is 0 Å². The maximum Gasteiger partial charge on any atom is 0.410 e. The third-order valence-corrected chi connectivity index (χ3v) is 5.40. The zero-order valence-corrected chi connectivity index (χ0v) is 17.5. The van der Waals surface area contributed by atoms with Crippen LogP contribution in [0.5, 0.6) is 0 Å². The second-order valence-corrected chi connectivity index (χ2v) is 8.49. The predicted octanol–water partition coefficient (Wildman–Crippen LogP) is 3.25. The second-order valence-electron chi connectivity index (χ2n) is 8.49. The van der Waals surface area contributed by atoms with Crippen molar-refractivity contribution in [3.05, 3.63) is 29.1 Å². The Hall–Kier alpha value is -2.64. The summed E-state index contributed by atoms with van der Waals surface area (Å²) >= 11 is 0. The molecule has 0 bridgehead atoms. The van der Waals surface area contributed by atoms with Crippen molar-refractivity contribution in [3.63, 3.8) is 0 Å². The number of hydrogen-bond donors (Lipinski definition) is 0. The van der Waals surface area contributed by atoms with Crippen LogP contribution in [0.25, 0.3) is 0 Å². The molecule has 2 aliphatic heterocycles. The van der Waals surface area contributed by atoms with Crippen LogP contribution in [0.4, 0.5) is 14.9 Å². The molecule has 158 valence electrons. The van der Waals surface area contributed by atoms with Crippen molar-refractivity contribution in [3.8, 4) is 0 Å². The first-order valence-corrected chi connectivity index (χ1v) is 9.77. The highest BCUT2D eigenvalue weighted by Gasteiger charge is 2.53. The first-order valence-electron chi connectivity index (χ1n) is 9.77. The van der Waals surface area contributed by atoms with Gasteiger partial charge in [0.2, 0.25) is 5.91 Å². The van der Waals surface area contributed by atoms with Gasteiger partial charge in [-0.1, -0.05) is 0 Å². The Balaban J connectivity index is 1.89. The molecule has 8 heteroatoms. The fourth-order valence-corrected chi connectivity index (χ4v) is 4.06. The van der Waals surface area contributed by atoms with Crippen LogP contribution < -0.4 is 4.90 Å². The summed E-state index contributed by atoms with van der Waals surface area (Å²) in [5, 5.41) is 0. The highest BCUT2D eigenvalue weighted by molar-refractivity contribution is 6.09. The Morgan fingerprint density at radius 1 is 1.21 bits per heavy atom. The zero-order chi connectivity index (χ0) is 21.6. The quantitative estimate of drug-likeness (QED) is 0.705. The van der Waals surface area contributed by atoms with Gasteiger partial charge in [-0.3, -0.25) is 4.79 Å². The molecule has 1 aromatic carbocycles. The van der Waals surface area contributed by atoms with Gasteiger partial charge in [0.05, 0.1) is 23.3 Å². The Morgan fingerprint density at radius 3 is 2.38 bits per heavy atom. The molecule has 0 aliphatic carbocycles. The lowest BCUT2D eigenvalue weighted by Gasteiger charge is -2.38. The molecule has 0 unspecified atom stereocenters. The van der Waals surface area contributed by atoms with Gasteiger partial charge in [0.1, 0.15) is 11.4 Å². The number of nitrogens with zero attached hydrogens (tertiary/aromatic N) is 2. The molecule has 0 radical (unpaired) electrons. The minimum absolute atomic E-state index is 0.0750. The lowest BCUT2D eigenvalue weighted by Crippen LogP contribution is -2.50. The van der Waals surface area contributed by atoms with Crippen LogP contribution in [0.3, 0.4) is 0 Å². The lowest BCUT2D eigenvalue weighted by atomic mass is 9.73. The molecule has 1 saturated heterocycles. The number of carbonyl (C=O) groups excluding carboxylic acids is 3. The van der Waals surface area contributed by atoms with Crippen LogP contribution in [0, 0.1) is 5.82 Å². The van der Waals surface area contributed by atoms with Crippen molar-refractivity contribution >= 4 is 23.7 Å². The predicted molar refractivity (Wildman–Crippen MR) is 104 cm³/mol. The minimum atomic E-state index is -1.04. The number of fused-ring (bicyclic) bond motifs is 2. The number of likely N-dealkylation sites (tertiary alicyclic amines) is 1. The molecule has 1 aromatic rings. The summed E-state index contributed by atoms with van der Waals surface area (Å²) in [6.45, 7) is 7.79. The molecule has 0 N–H and O–H groups in total. The number of amides is 2. The number of hydrogen-bond acceptors (Lipinski definition) is 5. The maximum atomic E-state index is 15.1. The average molecular weight is 406 g/mol. The number of rotatable bonds is 2. The molecule has 3 rings (SSSR count). The van der Waals surface area contributed by atoms with E-state index < -0.39 is 28.9 Å². The minimum Gasteiger partial charge on any atom is -0.462 e. The average Bonchev–Trinajstić information content (AvgIpc) is 2.84. The number of benzene rings is 1. The van der Waals surface area contributed by atoms with Gasteiger partial charge >= 0.3 is 12.1 Å². The number of piperidine rings is 1. The first-order chi connectivity index (χ1) is 13.5. The SMILES string of the molecule is CCOC(=O)c1cc(F)c2c(c1)N(C)C(=O)C21CCN(C(=O)OC(C)(C)C)CC1. The van der Waals surface area contributed by atoms with Gasteiger partial charge in [-0.25, -0.2) is 14.0 Å². The van der Waals surface area contributed by atoms with Gasteiger partial charge in [0, 0.05) is 25.7 Å². The Bertz CT molecular complexity index is 853. The van der Waals surface area contributed by atoms with E-state index in [9.17, 15) is 14.4 Å². The summed E-state index contributed by atoms with van der Waals surface area (Å²) < 4.78 is 25.5. The van der Waals surface area contributed by atoms with Crippen molar-refractivity contribution in [1.29, 1.82) is 0 Å². The summed E-state index contributed by atoms with van der Waals surface area (Å²) in [6.07, 6.45) is 0.139. The molecule has 1 spiro atoms. The standard InChI is InChI=1S/C21H27FN2O5/c1-6-28-17(25)13-11-14(22)16-15(12-13)23(5)18(26)21(16)7-9-24(10-8-21)19(27)29-20(2,3)4/h11-12H,6-10H2,1-5H3. The van der Waals surface area contributed by atoms with Crippen LogP contribution in [0.1, 0.15) is 56.5 Å². The van der Waals surface area contributed by atoms with E-state index in [4.69, 9.17) is 9.47 Å². The van der Waals surface area contributed by atoms with Gasteiger partial charge in [-0.15, -0.1) is 0 Å². The molecule has 7 nitrogen and oxygen atoms in total. The third-order valence-electron chi connectivity index (χ3n) is 5.40. The summed E-state index contributed by atoms with van der Waals surface area (Å²) in [4.78, 5) is 40.4. The van der Waals surface area contributed by atoms with E-state index in [0.717, 1.165) is 6.07 Å². The second kappa shape index (κ2) is 7.31. The van der Waals surface area contributed by atoms with Gasteiger partial charge in [0.25, 0.3) is 0 Å². The topological polar surface area (TPSA) is 76.2 Å². The lowest BCUT2D eigenvalue weighted by molar-refractivity contribution is -0.124. The highest BCUT2D eigenvalue weighted by Crippen LogP contribution is 2.49. The van der Waals surface area contributed by atoms with E-state index in [1.165, 1.54) is 11.0 Å². The summed E-state index contributed by atoms with van der Waals surface area (Å²) in [5.41, 5.74) is -0.908. The first kappa shape index (κ1) is 21.1. The summed E-state index contributed by atoms with van der Waals surface area (Å²) in [7, 11) is 1.57. The van der Waals surface area contributed by atoms with Crippen LogP contribution in [0.2, 0.25) is 0 Å². The van der Waals surface area contributed by atoms with Gasteiger partial charge in [-0.2, -0.15) is 0 Å². The molecule has 0 saturated carbocycles. The molecule has 29 heavy (non-hydrogen) atoms. The van der Waals surface area contributed by atoms with Crippen molar-refractivity contribution in [1.82, 2.24) is 4.90 Å². The molecular weight excluding hydrogens is 379 g/mol. The van der Waals surface area contributed by atoms with E-state index in [0.29, 0.717) is 11.3 Å². The van der Waals surface area contributed by atoms with Gasteiger partial charge in [-0.05, 0) is 52.7 Å². The zero-order valence-electron chi connectivity index (χ0n) is 17.5. The summed E-state index contributed by atoms with van der Waals surface area (Å²) in [5.74, 6) is -1.46. The van der Waals surface area contributed by atoms with Crippen molar-refractivity contribution in [2.75, 3.05) is 31.6 Å². The number of likely N-dealkylation sites (N-methyl/N-ethyl adjacent to an activating group) is 1. The monoisotopic (exact) mass is 406 g/mol. The molecule has 2 heterocycles. The van der Waals surface area contributed by atoms with Gasteiger partial charge < -0.3 is 19.3 Å². The van der Waals surface area contributed by atoms with Crippen molar-refractivity contribution in [2.45, 2.75) is 51.6 Å². The van der Waals surface area contributed by atoms with E-state index in [2.05, 4.69) is 0 Å². The number of esters is 1. The fraction of sp³-hybridized carbons (Fsp3) is 0.571. The molecule has 0 atom stereocenters. The van der Waals surface area contributed by atoms with Crippen LogP contribution in [-0.4, -0.2) is 55.2 Å². The van der Waals surface area contributed by atoms with Crippen LogP contribution >= 0.6 is 0 Å². The summed E-state index contributed by atoms with van der Waals surface area (Å²) in [6, 6.07) is 2.63. The van der Waals surface area contributed by atoms with E-state index in [1.807, 2.05) is 0 Å². The molecule has 2 amide bonds. The van der Waals surface area contributed by atoms with E-state index in [1.54, 1.807) is 39.6 Å². The number of ether oxygens (including phenoxy) is 2. The van der Waals surface area contributed by atoms with Crippen molar-refractivity contribution in [2.24, 2.45) is 0 Å². The number of carbonyl (C=O) groups is 3. The maximum absolute atomic E-state index is 15.1. The number of halogens is 1. The Kier molecular flexibility index (Phi) is 5.32. The van der Waals surface area contributed by atoms with Crippen molar-refractivity contribution < 1.29 is 28.2 Å². The molecule has 2 aliphatic rings. The molecule has 1 fully saturated rings. The highest BCUT2D eigenvalue weighted by atomic mass is 19.1.